The van der Waals surface area contributed by atoms with Crippen molar-refractivity contribution >= 4 is 23.9 Å². The molecule has 12 nitrogen and oxygen atoms in total. The van der Waals surface area contributed by atoms with E-state index in [0.717, 1.165) is 83.5 Å². The van der Waals surface area contributed by atoms with Crippen molar-refractivity contribution in [2.45, 2.75) is 250 Å². The molecule has 0 saturated carbocycles. The largest absolute Gasteiger partial charge is 0.479 e. The molecule has 0 aromatic rings. The first-order valence-electron chi connectivity index (χ1n) is 28.2. The van der Waals surface area contributed by atoms with Crippen molar-refractivity contribution < 1.29 is 58.2 Å². The van der Waals surface area contributed by atoms with Crippen molar-refractivity contribution in [2.75, 3.05) is 13.2 Å². The number of ether oxygens (including phenoxy) is 5. The summed E-state index contributed by atoms with van der Waals surface area (Å²) in [5.74, 6) is -3.33. The van der Waals surface area contributed by atoms with Gasteiger partial charge in [-0.1, -0.05) is 214 Å². The molecule has 12 heteroatoms. The minimum Gasteiger partial charge on any atom is -0.479 e. The van der Waals surface area contributed by atoms with Crippen LogP contribution in [0.2, 0.25) is 0 Å². The molecule has 0 radical (unpaired) electrons. The lowest BCUT2D eigenvalue weighted by Gasteiger charge is -2.40. The fourth-order valence-electron chi connectivity index (χ4n) is 7.93. The predicted molar refractivity (Wildman–Crippen MR) is 294 cm³/mol. The number of carboxylic acid groups (broad SMARTS) is 1. The Morgan fingerprint density at radius 2 is 0.904 bits per heavy atom. The Balaban J connectivity index is 2.77. The lowest BCUT2D eigenvalue weighted by Crippen LogP contribution is -2.61. The highest BCUT2D eigenvalue weighted by Crippen LogP contribution is 2.26. The van der Waals surface area contributed by atoms with Gasteiger partial charge in [-0.25, -0.2) is 4.79 Å². The first kappa shape index (κ1) is 66.7. The van der Waals surface area contributed by atoms with E-state index < -0.39 is 67.3 Å². The molecule has 1 aliphatic heterocycles. The average Bonchev–Trinajstić information content (AvgIpc) is 3.37. The summed E-state index contributed by atoms with van der Waals surface area (Å²) in [5.41, 5.74) is 0. The minimum atomic E-state index is -1.94. The molecular formula is C61H98O12. The van der Waals surface area contributed by atoms with E-state index in [9.17, 15) is 34.5 Å². The zero-order chi connectivity index (χ0) is 53.3. The molecular weight excluding hydrogens is 925 g/mol. The molecule has 1 fully saturated rings. The van der Waals surface area contributed by atoms with E-state index in [-0.39, 0.29) is 25.9 Å². The Labute approximate surface area is 441 Å². The second-order valence-corrected chi connectivity index (χ2v) is 18.8. The maximum Gasteiger partial charge on any atom is 0.335 e. The van der Waals surface area contributed by atoms with E-state index in [1.807, 2.05) is 12.2 Å². The normalized spacial score (nSPS) is 19.1. The number of aliphatic carboxylic acids is 1. The monoisotopic (exact) mass is 1020 g/mol. The molecule has 1 rings (SSSR count). The maximum atomic E-state index is 13.1. The van der Waals surface area contributed by atoms with E-state index in [1.54, 1.807) is 12.2 Å². The summed E-state index contributed by atoms with van der Waals surface area (Å²) < 4.78 is 28.2. The molecule has 1 heterocycles. The molecule has 6 atom stereocenters. The number of allylic oxidation sites excluding steroid dienone is 15. The van der Waals surface area contributed by atoms with Crippen LogP contribution in [0.4, 0.5) is 0 Å². The van der Waals surface area contributed by atoms with Crippen LogP contribution in [0.5, 0.6) is 0 Å². The topological polar surface area (TPSA) is 175 Å². The van der Waals surface area contributed by atoms with Gasteiger partial charge in [0.2, 0.25) is 0 Å². The van der Waals surface area contributed by atoms with Crippen LogP contribution in [0.1, 0.15) is 213 Å². The van der Waals surface area contributed by atoms with Gasteiger partial charge in [0.05, 0.1) is 13.0 Å². The smallest absolute Gasteiger partial charge is 0.335 e. The minimum absolute atomic E-state index is 0.114. The van der Waals surface area contributed by atoms with Gasteiger partial charge in [-0.05, 0) is 77.0 Å². The molecule has 0 aliphatic carbocycles. The Morgan fingerprint density at radius 3 is 1.38 bits per heavy atom. The molecule has 3 N–H and O–H groups in total. The van der Waals surface area contributed by atoms with E-state index in [2.05, 4.69) is 93.7 Å². The van der Waals surface area contributed by atoms with Gasteiger partial charge in [0.1, 0.15) is 18.8 Å². The van der Waals surface area contributed by atoms with Gasteiger partial charge in [0.25, 0.3) is 0 Å². The van der Waals surface area contributed by atoms with Crippen LogP contribution in [0.25, 0.3) is 0 Å². The summed E-state index contributed by atoms with van der Waals surface area (Å²) in [7, 11) is 0. The third kappa shape index (κ3) is 38.8. The number of hydrogen-bond acceptors (Lipinski definition) is 11. The zero-order valence-electron chi connectivity index (χ0n) is 45.3. The first-order valence-corrected chi connectivity index (χ1v) is 28.2. The number of aliphatic hydroxyl groups excluding tert-OH is 2. The highest BCUT2D eigenvalue weighted by Gasteiger charge is 2.50. The van der Waals surface area contributed by atoms with Crippen LogP contribution in [-0.4, -0.2) is 89.2 Å². The average molecular weight is 1020 g/mol. The molecule has 1 aliphatic rings. The van der Waals surface area contributed by atoms with Crippen LogP contribution in [0.15, 0.2) is 97.2 Å². The zero-order valence-corrected chi connectivity index (χ0v) is 45.3. The van der Waals surface area contributed by atoms with E-state index >= 15 is 0 Å². The van der Waals surface area contributed by atoms with Crippen molar-refractivity contribution in [1.29, 1.82) is 0 Å². The highest BCUT2D eigenvalue weighted by atomic mass is 16.7. The summed E-state index contributed by atoms with van der Waals surface area (Å²) in [5, 5.41) is 31.4. The predicted octanol–water partition coefficient (Wildman–Crippen LogP) is 14.1. The number of esters is 3. The van der Waals surface area contributed by atoms with Gasteiger partial charge in [-0.2, -0.15) is 0 Å². The third-order valence-electron chi connectivity index (χ3n) is 12.2. The van der Waals surface area contributed by atoms with Gasteiger partial charge in [-0.15, -0.1) is 0 Å². The molecule has 0 aromatic heterocycles. The number of aliphatic hydroxyl groups is 2. The molecule has 414 valence electrons. The third-order valence-corrected chi connectivity index (χ3v) is 12.2. The molecule has 0 bridgehead atoms. The lowest BCUT2D eigenvalue weighted by atomic mass is 9.98. The maximum absolute atomic E-state index is 13.1. The quantitative estimate of drug-likeness (QED) is 0.0228. The van der Waals surface area contributed by atoms with E-state index in [0.29, 0.717) is 19.3 Å². The molecule has 1 saturated heterocycles. The number of carbonyl (C=O) groups excluding carboxylic acids is 3. The number of hydrogen-bond donors (Lipinski definition) is 3. The van der Waals surface area contributed by atoms with Crippen molar-refractivity contribution in [3.8, 4) is 0 Å². The number of rotatable bonds is 46. The summed E-state index contributed by atoms with van der Waals surface area (Å²) in [6.45, 7) is 5.68. The Hall–Kier alpha value is -4.36. The molecule has 6 unspecified atom stereocenters. The summed E-state index contributed by atoms with van der Waals surface area (Å²) >= 11 is 0. The number of carbonyl (C=O) groups is 4. The van der Waals surface area contributed by atoms with Crippen LogP contribution < -0.4 is 0 Å². The van der Waals surface area contributed by atoms with Gasteiger partial charge < -0.3 is 39.0 Å². The van der Waals surface area contributed by atoms with Crippen molar-refractivity contribution in [3.05, 3.63) is 97.2 Å². The van der Waals surface area contributed by atoms with E-state index in [4.69, 9.17) is 23.7 Å². The van der Waals surface area contributed by atoms with Gasteiger partial charge in [0, 0.05) is 12.8 Å². The summed E-state index contributed by atoms with van der Waals surface area (Å²) in [4.78, 5) is 50.9. The van der Waals surface area contributed by atoms with E-state index in [1.165, 1.54) is 70.6 Å². The molecule has 0 amide bonds. The van der Waals surface area contributed by atoms with Gasteiger partial charge >= 0.3 is 23.9 Å². The SMILES string of the molecule is CC/C=C\C/C=C\C/C=C\C/C=C\C/C=C\CC(=O)OC1C(OCC(COC(=O)CCCCCCCCCCCCCCCCC)OC(=O)CCCCC/C=C\C/C=C\C/C=C\CC)OC(C(=O)O)C(O)C1O. The van der Waals surface area contributed by atoms with Crippen LogP contribution >= 0.6 is 0 Å². The standard InChI is InChI=1S/C61H98O12/c1-4-7-10-13-16-19-22-25-27-30-32-35-38-41-44-47-53(62)69-50-52(71-54(63)48-45-42-39-36-33-29-24-21-18-15-12-9-6-3)51-70-61-59(57(66)56(65)58(73-61)60(67)68)72-55(64)49-46-43-40-37-34-31-28-26-23-20-17-14-11-8-5-2/h8-9,11-12,17-18,20-21,26,28-29,33-34,37,43,46,52,56-59,61,65-66H,4-7,10,13-16,19,22-25,27,30-32,35-36,38-42,44-45,47-51H2,1-3H3,(H,67,68)/b11-8-,12-9-,20-17-,21-18-,28-26-,33-29-,37-34-,46-43-. The van der Waals surface area contributed by atoms with Gasteiger partial charge in [-0.3, -0.25) is 14.4 Å². The fraction of sp³-hybridized carbons (Fsp3) is 0.672. The Morgan fingerprint density at radius 1 is 0.479 bits per heavy atom. The highest BCUT2D eigenvalue weighted by molar-refractivity contribution is 5.74. The van der Waals surface area contributed by atoms with Crippen molar-refractivity contribution in [2.24, 2.45) is 0 Å². The summed E-state index contributed by atoms with van der Waals surface area (Å²) in [6.07, 6.45) is 51.3. The van der Waals surface area contributed by atoms with Crippen LogP contribution in [0, 0.1) is 0 Å². The van der Waals surface area contributed by atoms with Crippen molar-refractivity contribution in [1.82, 2.24) is 0 Å². The molecule has 0 spiro atoms. The second-order valence-electron chi connectivity index (χ2n) is 18.8. The Kier molecular flexibility index (Phi) is 44.4. The number of carboxylic acids is 1. The Bertz CT molecular complexity index is 1640. The molecule has 73 heavy (non-hydrogen) atoms. The lowest BCUT2D eigenvalue weighted by molar-refractivity contribution is -0.301. The molecule has 0 aromatic carbocycles. The number of unbranched alkanes of at least 4 members (excludes halogenated alkanes) is 17. The summed E-state index contributed by atoms with van der Waals surface area (Å²) in [6, 6.07) is 0. The first-order chi connectivity index (χ1) is 35.6. The second kappa shape index (κ2) is 48.6. The fourth-order valence-corrected chi connectivity index (χ4v) is 7.93. The van der Waals surface area contributed by atoms with Crippen LogP contribution in [0.3, 0.4) is 0 Å². The van der Waals surface area contributed by atoms with Gasteiger partial charge in [0.15, 0.2) is 24.6 Å². The van der Waals surface area contributed by atoms with Crippen LogP contribution in [-0.2, 0) is 42.9 Å². The van der Waals surface area contributed by atoms with Crippen molar-refractivity contribution in [3.63, 3.8) is 0 Å².